The van der Waals surface area contributed by atoms with E-state index >= 15 is 0 Å². The van der Waals surface area contributed by atoms with Crippen molar-refractivity contribution in [1.29, 1.82) is 0 Å². The molecule has 0 unspecified atom stereocenters. The Morgan fingerprint density at radius 3 is 2.70 bits per heavy atom. The molecule has 0 saturated carbocycles. The summed E-state index contributed by atoms with van der Waals surface area (Å²) in [5.41, 5.74) is 1.07. The van der Waals surface area contributed by atoms with Crippen molar-refractivity contribution in [3.8, 4) is 5.75 Å². The summed E-state index contributed by atoms with van der Waals surface area (Å²) in [7, 11) is -3.58. The van der Waals surface area contributed by atoms with Gasteiger partial charge in [0.25, 0.3) is 10.2 Å². The molecular formula is C15H22N2O5S. The van der Waals surface area contributed by atoms with Crippen molar-refractivity contribution >= 4 is 16.2 Å². The highest BCUT2D eigenvalue weighted by Crippen LogP contribution is 2.19. The summed E-state index contributed by atoms with van der Waals surface area (Å²) < 4.78 is 33.5. The lowest BCUT2D eigenvalue weighted by Gasteiger charge is -2.29. The first-order chi connectivity index (χ1) is 10.9. The lowest BCUT2D eigenvalue weighted by atomic mass is 9.99. The number of nitrogens with one attached hydrogen (secondary N) is 1. The predicted molar refractivity (Wildman–Crippen MR) is 85.5 cm³/mol. The van der Waals surface area contributed by atoms with Gasteiger partial charge < -0.3 is 9.84 Å². The maximum absolute atomic E-state index is 12.1. The van der Waals surface area contributed by atoms with Crippen LogP contribution in [0.1, 0.15) is 18.4 Å². The molecule has 1 aromatic rings. The van der Waals surface area contributed by atoms with Gasteiger partial charge in [0.05, 0.1) is 5.92 Å². The molecule has 1 fully saturated rings. The number of benzene rings is 1. The molecule has 1 aliphatic heterocycles. The van der Waals surface area contributed by atoms with Crippen molar-refractivity contribution in [3.63, 3.8) is 0 Å². The second kappa shape index (κ2) is 7.76. The maximum atomic E-state index is 12.1. The van der Waals surface area contributed by atoms with E-state index in [-0.39, 0.29) is 26.2 Å². The fraction of sp³-hybridized carbons (Fsp3) is 0.533. The first-order valence-corrected chi connectivity index (χ1v) is 8.99. The molecule has 0 spiro atoms. The second-order valence-electron chi connectivity index (χ2n) is 5.58. The molecular weight excluding hydrogens is 320 g/mol. The highest BCUT2D eigenvalue weighted by molar-refractivity contribution is 7.87. The van der Waals surface area contributed by atoms with Crippen molar-refractivity contribution in [2.45, 2.75) is 19.8 Å². The smallest absolute Gasteiger partial charge is 0.306 e. The summed E-state index contributed by atoms with van der Waals surface area (Å²) in [5.74, 6) is -0.612. The summed E-state index contributed by atoms with van der Waals surface area (Å²) in [5, 5.41) is 8.93. The third-order valence-electron chi connectivity index (χ3n) is 3.79. The third-order valence-corrected chi connectivity index (χ3v) is 5.40. The summed E-state index contributed by atoms with van der Waals surface area (Å²) in [4.78, 5) is 10.9. The largest absolute Gasteiger partial charge is 0.492 e. The summed E-state index contributed by atoms with van der Waals surface area (Å²) in [6, 6.07) is 7.53. The molecule has 1 heterocycles. The van der Waals surface area contributed by atoms with Gasteiger partial charge in [-0.1, -0.05) is 12.1 Å². The average Bonchev–Trinajstić information content (AvgIpc) is 2.52. The second-order valence-corrected chi connectivity index (χ2v) is 7.33. The van der Waals surface area contributed by atoms with Gasteiger partial charge in [-0.25, -0.2) is 0 Å². The number of aryl methyl sites for hydroxylation is 1. The Kier molecular flexibility index (Phi) is 5.97. The lowest BCUT2D eigenvalue weighted by molar-refractivity contribution is -0.142. The summed E-state index contributed by atoms with van der Waals surface area (Å²) in [6.45, 7) is 2.80. The number of carboxylic acids is 1. The first-order valence-electron chi connectivity index (χ1n) is 7.55. The molecule has 0 radical (unpaired) electrons. The molecule has 0 bridgehead atoms. The standard InChI is InChI=1S/C15H22N2O5S/c1-12-3-2-4-14(11-12)22-10-7-16-23(20,21)17-8-5-13(6-9-17)15(18)19/h2-4,11,13,16H,5-10H2,1H3,(H,18,19). The van der Waals surface area contributed by atoms with Crippen LogP contribution in [0.15, 0.2) is 24.3 Å². The zero-order valence-electron chi connectivity index (χ0n) is 13.1. The predicted octanol–water partition coefficient (Wildman–Crippen LogP) is 1.00. The molecule has 0 aromatic heterocycles. The van der Waals surface area contributed by atoms with Gasteiger partial charge in [0.2, 0.25) is 0 Å². The maximum Gasteiger partial charge on any atom is 0.306 e. The van der Waals surface area contributed by atoms with Gasteiger partial charge in [-0.2, -0.15) is 17.4 Å². The van der Waals surface area contributed by atoms with Crippen molar-refractivity contribution in [3.05, 3.63) is 29.8 Å². The fourth-order valence-electron chi connectivity index (χ4n) is 2.48. The van der Waals surface area contributed by atoms with Crippen LogP contribution in [0, 0.1) is 12.8 Å². The van der Waals surface area contributed by atoms with E-state index in [1.165, 1.54) is 4.31 Å². The molecule has 1 aromatic carbocycles. The molecule has 23 heavy (non-hydrogen) atoms. The number of carboxylic acid groups (broad SMARTS) is 1. The molecule has 0 atom stereocenters. The average molecular weight is 342 g/mol. The van der Waals surface area contributed by atoms with Crippen LogP contribution in [-0.2, 0) is 15.0 Å². The fourth-order valence-corrected chi connectivity index (χ4v) is 3.69. The van der Waals surface area contributed by atoms with Gasteiger partial charge in [0.1, 0.15) is 12.4 Å². The van der Waals surface area contributed by atoms with E-state index in [9.17, 15) is 13.2 Å². The van der Waals surface area contributed by atoms with Crippen LogP contribution in [0.4, 0.5) is 0 Å². The minimum absolute atomic E-state index is 0.162. The summed E-state index contributed by atoms with van der Waals surface area (Å²) in [6.07, 6.45) is 0.687. The van der Waals surface area contributed by atoms with Crippen LogP contribution in [0.25, 0.3) is 0 Å². The monoisotopic (exact) mass is 342 g/mol. The molecule has 0 amide bonds. The van der Waals surface area contributed by atoms with Crippen molar-refractivity contribution in [1.82, 2.24) is 9.03 Å². The van der Waals surface area contributed by atoms with E-state index in [0.717, 1.165) is 5.56 Å². The number of carbonyl (C=O) groups is 1. The number of rotatable bonds is 7. The first kappa shape index (κ1) is 17.7. The summed E-state index contributed by atoms with van der Waals surface area (Å²) >= 11 is 0. The quantitative estimate of drug-likeness (QED) is 0.721. The van der Waals surface area contributed by atoms with E-state index in [0.29, 0.717) is 18.6 Å². The van der Waals surface area contributed by atoms with E-state index < -0.39 is 22.1 Å². The van der Waals surface area contributed by atoms with E-state index in [1.54, 1.807) is 0 Å². The molecule has 1 aliphatic rings. The minimum Gasteiger partial charge on any atom is -0.492 e. The zero-order chi connectivity index (χ0) is 16.9. The molecule has 1 saturated heterocycles. The molecule has 8 heteroatoms. The SMILES string of the molecule is Cc1cccc(OCCNS(=O)(=O)N2CCC(C(=O)O)CC2)c1. The highest BCUT2D eigenvalue weighted by Gasteiger charge is 2.30. The Morgan fingerprint density at radius 2 is 2.09 bits per heavy atom. The van der Waals surface area contributed by atoms with Gasteiger partial charge in [-0.05, 0) is 37.5 Å². The van der Waals surface area contributed by atoms with Crippen LogP contribution in [0.5, 0.6) is 5.75 Å². The van der Waals surface area contributed by atoms with Gasteiger partial charge in [-0.15, -0.1) is 0 Å². The molecule has 2 N–H and O–H groups in total. The van der Waals surface area contributed by atoms with E-state index in [4.69, 9.17) is 9.84 Å². The molecule has 2 rings (SSSR count). The third kappa shape index (κ3) is 5.19. The van der Waals surface area contributed by atoms with Crippen LogP contribution >= 0.6 is 0 Å². The Hall–Kier alpha value is -1.64. The van der Waals surface area contributed by atoms with Crippen LogP contribution in [0.3, 0.4) is 0 Å². The van der Waals surface area contributed by atoms with E-state index in [1.807, 2.05) is 31.2 Å². The number of aliphatic carboxylic acids is 1. The number of hydrogen-bond donors (Lipinski definition) is 2. The minimum atomic E-state index is -3.58. The van der Waals surface area contributed by atoms with Gasteiger partial charge >= 0.3 is 5.97 Å². The topological polar surface area (TPSA) is 95.9 Å². The van der Waals surface area contributed by atoms with Crippen LogP contribution < -0.4 is 9.46 Å². The number of piperidine rings is 1. The Bertz CT molecular complexity index is 639. The number of hydrogen-bond acceptors (Lipinski definition) is 4. The highest BCUT2D eigenvalue weighted by atomic mass is 32.2. The molecule has 7 nitrogen and oxygen atoms in total. The molecule has 128 valence electrons. The molecule has 0 aliphatic carbocycles. The Balaban J connectivity index is 1.75. The van der Waals surface area contributed by atoms with Gasteiger partial charge in [0, 0.05) is 19.6 Å². The van der Waals surface area contributed by atoms with Gasteiger partial charge in [0.15, 0.2) is 0 Å². The Labute approximate surface area is 136 Å². The van der Waals surface area contributed by atoms with Crippen molar-refractivity contribution in [2.24, 2.45) is 5.92 Å². The number of nitrogens with zero attached hydrogens (tertiary/aromatic N) is 1. The van der Waals surface area contributed by atoms with Crippen LogP contribution in [0.2, 0.25) is 0 Å². The normalized spacial score (nSPS) is 17.1. The zero-order valence-corrected chi connectivity index (χ0v) is 13.9. The number of ether oxygens (including phenoxy) is 1. The lowest BCUT2D eigenvalue weighted by Crippen LogP contribution is -2.46. The van der Waals surface area contributed by atoms with E-state index in [2.05, 4.69) is 4.72 Å². The van der Waals surface area contributed by atoms with Crippen LogP contribution in [-0.4, -0.2) is 50.0 Å². The Morgan fingerprint density at radius 1 is 1.39 bits per heavy atom. The van der Waals surface area contributed by atoms with Crippen molar-refractivity contribution in [2.75, 3.05) is 26.2 Å². The van der Waals surface area contributed by atoms with Crippen molar-refractivity contribution < 1.29 is 23.1 Å². The van der Waals surface area contributed by atoms with Gasteiger partial charge in [-0.3, -0.25) is 4.79 Å².